The average Bonchev–Trinajstić information content (AvgIpc) is 2.36. The number of rotatable bonds is 5. The Kier molecular flexibility index (Phi) is 5.04. The summed E-state index contributed by atoms with van der Waals surface area (Å²) in [6.07, 6.45) is -0.883. The summed E-state index contributed by atoms with van der Waals surface area (Å²) < 4.78 is 16.3. The van der Waals surface area contributed by atoms with E-state index < -0.39 is 6.10 Å². The van der Waals surface area contributed by atoms with Crippen molar-refractivity contribution in [2.75, 3.05) is 27.9 Å². The van der Waals surface area contributed by atoms with Crippen LogP contribution in [0, 0.1) is 0 Å². The lowest BCUT2D eigenvalue weighted by Gasteiger charge is -2.20. The van der Waals surface area contributed by atoms with Crippen LogP contribution in [-0.4, -0.2) is 33.0 Å². The van der Waals surface area contributed by atoms with Crippen molar-refractivity contribution >= 4 is 15.9 Å². The Balaban J connectivity index is 3.52. The van der Waals surface area contributed by atoms with Gasteiger partial charge in [-0.1, -0.05) is 0 Å². The van der Waals surface area contributed by atoms with Gasteiger partial charge < -0.3 is 25.1 Å². The van der Waals surface area contributed by atoms with Crippen molar-refractivity contribution in [2.24, 2.45) is 5.73 Å². The molecular weight excluding hydrogens is 290 g/mol. The molecule has 1 atom stereocenters. The predicted octanol–water partition coefficient (Wildman–Crippen LogP) is 1.47. The predicted molar refractivity (Wildman–Crippen MR) is 67.8 cm³/mol. The quantitative estimate of drug-likeness (QED) is 0.861. The first-order valence-corrected chi connectivity index (χ1v) is 5.76. The molecule has 0 saturated carbocycles. The van der Waals surface area contributed by atoms with Gasteiger partial charge in [0.2, 0.25) is 0 Å². The lowest BCUT2D eigenvalue weighted by atomic mass is 10.1. The summed E-state index contributed by atoms with van der Waals surface area (Å²) >= 11 is 3.35. The second-order valence-corrected chi connectivity index (χ2v) is 4.15. The summed E-state index contributed by atoms with van der Waals surface area (Å²) in [4.78, 5) is 0. The van der Waals surface area contributed by atoms with E-state index in [0.717, 1.165) is 0 Å². The molecule has 3 N–H and O–H groups in total. The van der Waals surface area contributed by atoms with Crippen LogP contribution in [0.2, 0.25) is 0 Å². The summed E-state index contributed by atoms with van der Waals surface area (Å²) in [5, 5.41) is 9.94. The SMILES string of the molecule is COc1cc(Br)c(OC)c(C(O)CN)c1OC. The van der Waals surface area contributed by atoms with Gasteiger partial charge in [0.25, 0.3) is 0 Å². The molecule has 0 aliphatic carbocycles. The van der Waals surface area contributed by atoms with E-state index in [1.54, 1.807) is 6.07 Å². The number of ether oxygens (including phenoxy) is 3. The van der Waals surface area contributed by atoms with Crippen LogP contribution in [-0.2, 0) is 0 Å². The van der Waals surface area contributed by atoms with Crippen molar-refractivity contribution in [3.8, 4) is 17.2 Å². The third-order valence-electron chi connectivity index (χ3n) is 2.37. The molecule has 0 aliphatic rings. The minimum absolute atomic E-state index is 0.0618. The normalized spacial score (nSPS) is 12.1. The van der Waals surface area contributed by atoms with Crippen LogP contribution in [0.3, 0.4) is 0 Å². The van der Waals surface area contributed by atoms with Gasteiger partial charge in [-0.3, -0.25) is 0 Å². The first-order chi connectivity index (χ1) is 8.10. The third-order valence-corrected chi connectivity index (χ3v) is 2.96. The van der Waals surface area contributed by atoms with Gasteiger partial charge in [0.05, 0.1) is 37.5 Å². The van der Waals surface area contributed by atoms with E-state index in [9.17, 15) is 5.11 Å². The highest BCUT2D eigenvalue weighted by Gasteiger charge is 2.24. The zero-order valence-electron chi connectivity index (χ0n) is 9.99. The molecule has 96 valence electrons. The molecule has 6 heteroatoms. The second-order valence-electron chi connectivity index (χ2n) is 3.29. The first-order valence-electron chi connectivity index (χ1n) is 4.97. The molecule has 1 aromatic rings. The number of hydrogen-bond acceptors (Lipinski definition) is 5. The molecular formula is C11H16BrNO4. The molecule has 1 aromatic carbocycles. The highest BCUT2D eigenvalue weighted by molar-refractivity contribution is 9.10. The van der Waals surface area contributed by atoms with Crippen LogP contribution in [0.15, 0.2) is 10.5 Å². The molecule has 0 radical (unpaired) electrons. The Bertz CT molecular complexity index is 398. The zero-order valence-corrected chi connectivity index (χ0v) is 11.6. The van der Waals surface area contributed by atoms with Crippen molar-refractivity contribution in [1.82, 2.24) is 0 Å². The van der Waals surface area contributed by atoms with Crippen molar-refractivity contribution in [3.63, 3.8) is 0 Å². The van der Waals surface area contributed by atoms with Crippen LogP contribution < -0.4 is 19.9 Å². The summed E-state index contributed by atoms with van der Waals surface area (Å²) in [6, 6.07) is 1.71. The molecule has 1 unspecified atom stereocenters. The van der Waals surface area contributed by atoms with E-state index in [1.165, 1.54) is 21.3 Å². The molecule has 0 heterocycles. The molecule has 0 aromatic heterocycles. The topological polar surface area (TPSA) is 73.9 Å². The summed E-state index contributed by atoms with van der Waals surface area (Å²) in [7, 11) is 4.53. The third kappa shape index (κ3) is 2.65. The lowest BCUT2D eigenvalue weighted by molar-refractivity contribution is 0.175. The summed E-state index contributed by atoms with van der Waals surface area (Å²) in [5.41, 5.74) is 5.95. The van der Waals surface area contributed by atoms with E-state index in [-0.39, 0.29) is 6.54 Å². The molecule has 0 aliphatic heterocycles. The fourth-order valence-electron chi connectivity index (χ4n) is 1.60. The number of aliphatic hydroxyl groups is 1. The Morgan fingerprint density at radius 2 is 1.82 bits per heavy atom. The average molecular weight is 306 g/mol. The van der Waals surface area contributed by atoms with E-state index in [2.05, 4.69) is 15.9 Å². The molecule has 5 nitrogen and oxygen atoms in total. The molecule has 1 rings (SSSR count). The van der Waals surface area contributed by atoms with Crippen LogP contribution in [0.25, 0.3) is 0 Å². The highest BCUT2D eigenvalue weighted by Crippen LogP contribution is 2.45. The number of nitrogens with two attached hydrogens (primary N) is 1. The van der Waals surface area contributed by atoms with E-state index in [0.29, 0.717) is 27.3 Å². The Morgan fingerprint density at radius 1 is 1.24 bits per heavy atom. The Labute approximate surface area is 109 Å². The van der Waals surface area contributed by atoms with Crippen molar-refractivity contribution in [2.45, 2.75) is 6.10 Å². The summed E-state index contributed by atoms with van der Waals surface area (Å²) in [5.74, 6) is 1.41. The van der Waals surface area contributed by atoms with Gasteiger partial charge >= 0.3 is 0 Å². The molecule has 0 saturated heterocycles. The maximum atomic E-state index is 9.94. The van der Waals surface area contributed by atoms with Crippen LogP contribution >= 0.6 is 15.9 Å². The highest BCUT2D eigenvalue weighted by atomic mass is 79.9. The minimum Gasteiger partial charge on any atom is -0.495 e. The van der Waals surface area contributed by atoms with Gasteiger partial charge in [-0.2, -0.15) is 0 Å². The Hall–Kier alpha value is -0.980. The maximum Gasteiger partial charge on any atom is 0.170 e. The smallest absolute Gasteiger partial charge is 0.170 e. The molecule has 0 bridgehead atoms. The monoisotopic (exact) mass is 305 g/mol. The number of benzene rings is 1. The van der Waals surface area contributed by atoms with Gasteiger partial charge in [-0.15, -0.1) is 0 Å². The molecule has 0 amide bonds. The fourth-order valence-corrected chi connectivity index (χ4v) is 2.18. The van der Waals surface area contributed by atoms with Gasteiger partial charge in [0.15, 0.2) is 11.5 Å². The largest absolute Gasteiger partial charge is 0.495 e. The maximum absolute atomic E-state index is 9.94. The van der Waals surface area contributed by atoms with E-state index >= 15 is 0 Å². The zero-order chi connectivity index (χ0) is 13.0. The van der Waals surface area contributed by atoms with Gasteiger partial charge in [0, 0.05) is 12.6 Å². The van der Waals surface area contributed by atoms with Crippen LogP contribution in [0.5, 0.6) is 17.2 Å². The van der Waals surface area contributed by atoms with Crippen molar-refractivity contribution in [1.29, 1.82) is 0 Å². The van der Waals surface area contributed by atoms with Gasteiger partial charge in [-0.05, 0) is 15.9 Å². The van der Waals surface area contributed by atoms with Gasteiger partial charge in [0.1, 0.15) is 5.75 Å². The molecule has 17 heavy (non-hydrogen) atoms. The fraction of sp³-hybridized carbons (Fsp3) is 0.455. The number of aliphatic hydroxyl groups excluding tert-OH is 1. The molecule has 0 spiro atoms. The lowest BCUT2D eigenvalue weighted by Crippen LogP contribution is -2.14. The minimum atomic E-state index is -0.883. The van der Waals surface area contributed by atoms with Gasteiger partial charge in [-0.25, -0.2) is 0 Å². The molecule has 0 fully saturated rings. The Morgan fingerprint density at radius 3 is 2.24 bits per heavy atom. The standard InChI is InChI=1S/C11H16BrNO4/c1-15-8-4-6(12)10(16-2)9(7(14)5-13)11(8)17-3/h4,7,14H,5,13H2,1-3H3. The van der Waals surface area contributed by atoms with E-state index in [4.69, 9.17) is 19.9 Å². The number of methoxy groups -OCH3 is 3. The van der Waals surface area contributed by atoms with Crippen LogP contribution in [0.1, 0.15) is 11.7 Å². The number of halogens is 1. The van der Waals surface area contributed by atoms with E-state index in [1.807, 2.05) is 0 Å². The first kappa shape index (κ1) is 14.1. The van der Waals surface area contributed by atoms with Crippen LogP contribution in [0.4, 0.5) is 0 Å². The van der Waals surface area contributed by atoms with Crippen molar-refractivity contribution < 1.29 is 19.3 Å². The summed E-state index contributed by atoms with van der Waals surface area (Å²) in [6.45, 7) is 0.0618. The number of hydrogen-bond donors (Lipinski definition) is 2. The van der Waals surface area contributed by atoms with Crippen molar-refractivity contribution in [3.05, 3.63) is 16.1 Å². The second kappa shape index (κ2) is 6.09.